The van der Waals surface area contributed by atoms with Gasteiger partial charge in [-0.25, -0.2) is 0 Å². The van der Waals surface area contributed by atoms with E-state index in [1.165, 1.54) is 25.8 Å². The molecule has 1 N–H and O–H groups in total. The number of unbranched alkanes of at least 4 members (excludes halogenated alkanes) is 2. The summed E-state index contributed by atoms with van der Waals surface area (Å²) in [5, 5.41) is 11.8. The number of nitrogens with zero attached hydrogens (tertiary/aromatic N) is 1. The number of rotatable bonds is 7. The van der Waals surface area contributed by atoms with Crippen molar-refractivity contribution < 1.29 is 0 Å². The zero-order valence-corrected chi connectivity index (χ0v) is 8.60. The van der Waals surface area contributed by atoms with Crippen LogP contribution in [-0.4, -0.2) is 13.1 Å². The molecule has 0 radical (unpaired) electrons. The van der Waals surface area contributed by atoms with Gasteiger partial charge in [-0.3, -0.25) is 0 Å². The average molecular weight is 180 g/mol. The summed E-state index contributed by atoms with van der Waals surface area (Å²) in [5.74, 6) is 0. The third-order valence-corrected chi connectivity index (χ3v) is 3.10. The maximum Gasteiger partial charge on any atom is 0.0621 e. The lowest BCUT2D eigenvalue weighted by Crippen LogP contribution is -2.24. The number of hydrogen-bond acceptors (Lipinski definition) is 2. The van der Waals surface area contributed by atoms with Crippen LogP contribution in [0.2, 0.25) is 0 Å². The van der Waals surface area contributed by atoms with Crippen molar-refractivity contribution in [1.82, 2.24) is 5.32 Å². The van der Waals surface area contributed by atoms with E-state index in [1.54, 1.807) is 0 Å². The fraction of sp³-hybridized carbons (Fsp3) is 0.909. The second kappa shape index (κ2) is 5.24. The lowest BCUT2D eigenvalue weighted by atomic mass is 10.0. The molecule has 0 heterocycles. The molecule has 1 aliphatic rings. The molecule has 0 aromatic carbocycles. The molecule has 0 aliphatic heterocycles. The van der Waals surface area contributed by atoms with Crippen molar-refractivity contribution in [3.8, 4) is 6.07 Å². The standard InChI is InChI=1S/C11H20N2/c1-2-11(6-7-11)10-13-9-5-3-4-8-12/h13H,2-7,9-10H2,1H3. The van der Waals surface area contributed by atoms with E-state index >= 15 is 0 Å². The summed E-state index contributed by atoms with van der Waals surface area (Å²) in [7, 11) is 0. The van der Waals surface area contributed by atoms with Gasteiger partial charge >= 0.3 is 0 Å². The normalized spacial score (nSPS) is 18.2. The molecule has 1 fully saturated rings. The van der Waals surface area contributed by atoms with Crippen molar-refractivity contribution in [1.29, 1.82) is 5.26 Å². The van der Waals surface area contributed by atoms with Gasteiger partial charge in [0, 0.05) is 13.0 Å². The molecular formula is C11H20N2. The Morgan fingerprint density at radius 2 is 2.15 bits per heavy atom. The Labute approximate surface area is 81.3 Å². The van der Waals surface area contributed by atoms with Crippen LogP contribution in [0.4, 0.5) is 0 Å². The fourth-order valence-corrected chi connectivity index (χ4v) is 1.64. The van der Waals surface area contributed by atoms with E-state index in [0.29, 0.717) is 11.8 Å². The van der Waals surface area contributed by atoms with E-state index in [4.69, 9.17) is 5.26 Å². The van der Waals surface area contributed by atoms with Gasteiger partial charge in [0.15, 0.2) is 0 Å². The predicted molar refractivity (Wildman–Crippen MR) is 54.3 cm³/mol. The van der Waals surface area contributed by atoms with Crippen LogP contribution in [0.25, 0.3) is 0 Å². The van der Waals surface area contributed by atoms with Gasteiger partial charge in [0.1, 0.15) is 0 Å². The van der Waals surface area contributed by atoms with E-state index in [9.17, 15) is 0 Å². The molecular weight excluding hydrogens is 160 g/mol. The van der Waals surface area contributed by atoms with Crippen molar-refractivity contribution in [3.05, 3.63) is 0 Å². The van der Waals surface area contributed by atoms with Crippen LogP contribution in [0.1, 0.15) is 45.4 Å². The topological polar surface area (TPSA) is 35.8 Å². The second-order valence-corrected chi connectivity index (χ2v) is 4.15. The minimum Gasteiger partial charge on any atom is -0.316 e. The Morgan fingerprint density at radius 1 is 1.38 bits per heavy atom. The van der Waals surface area contributed by atoms with Gasteiger partial charge in [-0.2, -0.15) is 5.26 Å². The van der Waals surface area contributed by atoms with Gasteiger partial charge in [0.2, 0.25) is 0 Å². The lowest BCUT2D eigenvalue weighted by molar-refractivity contribution is 0.440. The molecule has 0 aromatic heterocycles. The lowest BCUT2D eigenvalue weighted by Gasteiger charge is -2.12. The van der Waals surface area contributed by atoms with Gasteiger partial charge < -0.3 is 5.32 Å². The smallest absolute Gasteiger partial charge is 0.0621 e. The minimum absolute atomic E-state index is 0.662. The monoisotopic (exact) mass is 180 g/mol. The highest BCUT2D eigenvalue weighted by Crippen LogP contribution is 2.47. The molecule has 0 atom stereocenters. The second-order valence-electron chi connectivity index (χ2n) is 4.15. The fourth-order valence-electron chi connectivity index (χ4n) is 1.64. The van der Waals surface area contributed by atoms with Crippen LogP contribution in [0.15, 0.2) is 0 Å². The van der Waals surface area contributed by atoms with E-state index in [1.807, 2.05) is 0 Å². The van der Waals surface area contributed by atoms with Gasteiger partial charge in [-0.15, -0.1) is 0 Å². The van der Waals surface area contributed by atoms with Crippen LogP contribution >= 0.6 is 0 Å². The molecule has 2 nitrogen and oxygen atoms in total. The summed E-state index contributed by atoms with van der Waals surface area (Å²) >= 11 is 0. The summed E-state index contributed by atoms with van der Waals surface area (Å²) < 4.78 is 0. The molecule has 0 unspecified atom stereocenters. The summed E-state index contributed by atoms with van der Waals surface area (Å²) in [6.07, 6.45) is 7.04. The number of hydrogen-bond donors (Lipinski definition) is 1. The summed E-state index contributed by atoms with van der Waals surface area (Å²) in [6, 6.07) is 2.17. The Balaban J connectivity index is 1.87. The molecule has 0 amide bonds. The Bertz CT molecular complexity index is 177. The largest absolute Gasteiger partial charge is 0.316 e. The molecule has 0 spiro atoms. The molecule has 0 aromatic rings. The Morgan fingerprint density at radius 3 is 2.69 bits per heavy atom. The zero-order chi connectivity index (χ0) is 9.57. The maximum atomic E-state index is 8.33. The molecule has 1 saturated carbocycles. The molecule has 0 saturated heterocycles. The summed E-state index contributed by atoms with van der Waals surface area (Å²) in [6.45, 7) is 4.56. The zero-order valence-electron chi connectivity index (χ0n) is 8.60. The van der Waals surface area contributed by atoms with E-state index in [2.05, 4.69) is 18.3 Å². The summed E-state index contributed by atoms with van der Waals surface area (Å²) in [4.78, 5) is 0. The van der Waals surface area contributed by atoms with E-state index in [-0.39, 0.29) is 0 Å². The molecule has 13 heavy (non-hydrogen) atoms. The quantitative estimate of drug-likeness (QED) is 0.611. The third kappa shape index (κ3) is 3.78. The van der Waals surface area contributed by atoms with Crippen molar-refractivity contribution in [3.63, 3.8) is 0 Å². The van der Waals surface area contributed by atoms with Gasteiger partial charge in [0.25, 0.3) is 0 Å². The van der Waals surface area contributed by atoms with Crippen LogP contribution in [0, 0.1) is 16.7 Å². The van der Waals surface area contributed by atoms with E-state index < -0.39 is 0 Å². The first-order valence-corrected chi connectivity index (χ1v) is 5.41. The minimum atomic E-state index is 0.662. The highest BCUT2D eigenvalue weighted by molar-refractivity contribution is 4.93. The Kier molecular flexibility index (Phi) is 4.24. The first-order valence-electron chi connectivity index (χ1n) is 5.41. The van der Waals surface area contributed by atoms with Gasteiger partial charge in [-0.05, 0) is 44.1 Å². The van der Waals surface area contributed by atoms with Crippen LogP contribution < -0.4 is 5.32 Å². The molecule has 2 heteroatoms. The molecule has 1 aliphatic carbocycles. The Hall–Kier alpha value is -0.550. The van der Waals surface area contributed by atoms with Crippen molar-refractivity contribution in [2.24, 2.45) is 5.41 Å². The van der Waals surface area contributed by atoms with Crippen LogP contribution in [-0.2, 0) is 0 Å². The van der Waals surface area contributed by atoms with Crippen molar-refractivity contribution in [2.75, 3.05) is 13.1 Å². The van der Waals surface area contributed by atoms with Gasteiger partial charge in [-0.1, -0.05) is 6.92 Å². The van der Waals surface area contributed by atoms with Crippen LogP contribution in [0.5, 0.6) is 0 Å². The SMILES string of the molecule is CCC1(CNCCCCC#N)CC1. The van der Waals surface area contributed by atoms with Crippen molar-refractivity contribution >= 4 is 0 Å². The van der Waals surface area contributed by atoms with Crippen LogP contribution in [0.3, 0.4) is 0 Å². The first kappa shape index (κ1) is 10.5. The third-order valence-electron chi connectivity index (χ3n) is 3.10. The van der Waals surface area contributed by atoms with E-state index in [0.717, 1.165) is 19.4 Å². The maximum absolute atomic E-state index is 8.33. The summed E-state index contributed by atoms with van der Waals surface area (Å²) in [5.41, 5.74) is 0.662. The van der Waals surface area contributed by atoms with Crippen molar-refractivity contribution in [2.45, 2.75) is 45.4 Å². The molecule has 74 valence electrons. The van der Waals surface area contributed by atoms with Gasteiger partial charge in [0.05, 0.1) is 6.07 Å². The molecule has 0 bridgehead atoms. The molecule has 1 rings (SSSR count). The number of nitrogens with one attached hydrogen (secondary N) is 1. The number of nitriles is 1. The highest BCUT2D eigenvalue weighted by atomic mass is 14.9. The first-order chi connectivity index (χ1) is 6.33. The highest BCUT2D eigenvalue weighted by Gasteiger charge is 2.39. The average Bonchev–Trinajstić information content (AvgIpc) is 2.92. The predicted octanol–water partition coefficient (Wildman–Crippen LogP) is 2.46.